The summed E-state index contributed by atoms with van der Waals surface area (Å²) in [6.45, 7) is 7.81. The summed E-state index contributed by atoms with van der Waals surface area (Å²) in [7, 11) is 3.26. The molecule has 6 heteroatoms. The van der Waals surface area contributed by atoms with Crippen molar-refractivity contribution in [3.8, 4) is 0 Å². The largest absolute Gasteiger partial charge is 0.444 e. The Labute approximate surface area is 128 Å². The van der Waals surface area contributed by atoms with E-state index in [4.69, 9.17) is 14.2 Å². The van der Waals surface area contributed by atoms with Crippen molar-refractivity contribution in [3.63, 3.8) is 0 Å². The monoisotopic (exact) mass is 302 g/mol. The van der Waals surface area contributed by atoms with E-state index in [0.29, 0.717) is 12.6 Å². The lowest BCUT2D eigenvalue weighted by atomic mass is 10.1. The molecule has 1 aliphatic heterocycles. The second-order valence-electron chi connectivity index (χ2n) is 6.40. The number of likely N-dealkylation sites (tertiary alicyclic amines) is 1. The van der Waals surface area contributed by atoms with Crippen LogP contribution in [-0.2, 0) is 14.2 Å². The molecule has 0 aromatic rings. The van der Waals surface area contributed by atoms with Crippen molar-refractivity contribution < 1.29 is 19.0 Å². The Hall–Kier alpha value is -0.850. The third-order valence-corrected chi connectivity index (χ3v) is 3.48. The van der Waals surface area contributed by atoms with Crippen LogP contribution in [-0.4, -0.2) is 62.8 Å². The van der Waals surface area contributed by atoms with Crippen molar-refractivity contribution in [1.82, 2.24) is 10.2 Å². The van der Waals surface area contributed by atoms with E-state index in [9.17, 15) is 4.79 Å². The summed E-state index contributed by atoms with van der Waals surface area (Å²) in [5.41, 5.74) is -0.439. The van der Waals surface area contributed by atoms with Gasteiger partial charge in [0.15, 0.2) is 6.29 Å². The van der Waals surface area contributed by atoms with Crippen LogP contribution in [0.25, 0.3) is 0 Å². The highest BCUT2D eigenvalue weighted by atomic mass is 16.7. The minimum Gasteiger partial charge on any atom is -0.444 e. The lowest BCUT2D eigenvalue weighted by Crippen LogP contribution is -2.39. The van der Waals surface area contributed by atoms with Crippen LogP contribution in [0.15, 0.2) is 0 Å². The normalized spacial score (nSPS) is 20.5. The van der Waals surface area contributed by atoms with Gasteiger partial charge in [0.05, 0.1) is 0 Å². The van der Waals surface area contributed by atoms with Crippen molar-refractivity contribution in [2.75, 3.05) is 33.9 Å². The smallest absolute Gasteiger partial charge is 0.410 e. The van der Waals surface area contributed by atoms with Gasteiger partial charge in [0.25, 0.3) is 0 Å². The molecular formula is C15H30N2O4. The minimum absolute atomic E-state index is 0.213. The van der Waals surface area contributed by atoms with Gasteiger partial charge < -0.3 is 24.4 Å². The summed E-state index contributed by atoms with van der Waals surface area (Å²) < 4.78 is 15.8. The van der Waals surface area contributed by atoms with Gasteiger partial charge >= 0.3 is 6.09 Å². The summed E-state index contributed by atoms with van der Waals surface area (Å²) >= 11 is 0. The molecule has 1 heterocycles. The fraction of sp³-hybridized carbons (Fsp3) is 0.933. The second-order valence-corrected chi connectivity index (χ2v) is 6.40. The lowest BCUT2D eigenvalue weighted by Gasteiger charge is -2.26. The first-order valence-electron chi connectivity index (χ1n) is 7.62. The van der Waals surface area contributed by atoms with E-state index < -0.39 is 5.60 Å². The molecule has 0 saturated carbocycles. The molecule has 6 nitrogen and oxygen atoms in total. The summed E-state index contributed by atoms with van der Waals surface area (Å²) in [5.74, 6) is 0. The lowest BCUT2D eigenvalue weighted by molar-refractivity contribution is -0.1000. The Morgan fingerprint density at radius 1 is 1.24 bits per heavy atom. The molecule has 0 aromatic carbocycles. The van der Waals surface area contributed by atoms with E-state index in [1.54, 1.807) is 19.1 Å². The van der Waals surface area contributed by atoms with Gasteiger partial charge in [0.1, 0.15) is 5.60 Å². The Bertz CT molecular complexity index is 313. The maximum Gasteiger partial charge on any atom is 0.410 e. The van der Waals surface area contributed by atoms with E-state index in [-0.39, 0.29) is 12.4 Å². The molecule has 124 valence electrons. The van der Waals surface area contributed by atoms with E-state index in [0.717, 1.165) is 32.4 Å². The zero-order valence-corrected chi connectivity index (χ0v) is 14.0. The van der Waals surface area contributed by atoms with Crippen LogP contribution in [0.5, 0.6) is 0 Å². The number of amides is 1. The molecule has 1 amide bonds. The van der Waals surface area contributed by atoms with E-state index in [1.807, 2.05) is 20.8 Å². The fourth-order valence-corrected chi connectivity index (χ4v) is 2.34. The number of rotatable bonds is 5. The van der Waals surface area contributed by atoms with E-state index in [2.05, 4.69) is 5.32 Å². The highest BCUT2D eigenvalue weighted by molar-refractivity contribution is 5.68. The van der Waals surface area contributed by atoms with Crippen molar-refractivity contribution in [3.05, 3.63) is 0 Å². The summed E-state index contributed by atoms with van der Waals surface area (Å²) in [4.78, 5) is 13.9. The van der Waals surface area contributed by atoms with Crippen molar-refractivity contribution in [1.29, 1.82) is 0 Å². The van der Waals surface area contributed by atoms with Gasteiger partial charge in [-0.15, -0.1) is 0 Å². The van der Waals surface area contributed by atoms with Crippen LogP contribution < -0.4 is 5.32 Å². The van der Waals surface area contributed by atoms with Gasteiger partial charge in [0, 0.05) is 39.9 Å². The number of hydrogen-bond acceptors (Lipinski definition) is 5. The van der Waals surface area contributed by atoms with Gasteiger partial charge in [-0.1, -0.05) is 0 Å². The molecular weight excluding hydrogens is 272 g/mol. The maximum absolute atomic E-state index is 12.1. The van der Waals surface area contributed by atoms with Crippen LogP contribution in [0.2, 0.25) is 0 Å². The number of hydrogen-bond donors (Lipinski definition) is 1. The zero-order chi connectivity index (χ0) is 15.9. The fourth-order valence-electron chi connectivity index (χ4n) is 2.34. The number of carbonyl (C=O) groups is 1. The molecule has 0 aliphatic carbocycles. The molecule has 1 saturated heterocycles. The predicted molar refractivity (Wildman–Crippen MR) is 81.3 cm³/mol. The Morgan fingerprint density at radius 2 is 1.90 bits per heavy atom. The Balaban J connectivity index is 2.38. The molecule has 21 heavy (non-hydrogen) atoms. The molecule has 1 unspecified atom stereocenters. The highest BCUT2D eigenvalue weighted by Crippen LogP contribution is 2.15. The molecule has 0 spiro atoms. The number of nitrogens with zero attached hydrogens (tertiary/aromatic N) is 1. The maximum atomic E-state index is 12.1. The van der Waals surface area contributed by atoms with E-state index >= 15 is 0 Å². The molecule has 1 atom stereocenters. The average Bonchev–Trinajstić information content (AvgIpc) is 2.63. The van der Waals surface area contributed by atoms with Crippen LogP contribution in [0.4, 0.5) is 4.79 Å². The van der Waals surface area contributed by atoms with Crippen LogP contribution in [0.3, 0.4) is 0 Å². The van der Waals surface area contributed by atoms with Crippen LogP contribution >= 0.6 is 0 Å². The van der Waals surface area contributed by atoms with Crippen LogP contribution in [0.1, 0.15) is 40.0 Å². The topological polar surface area (TPSA) is 60.0 Å². The average molecular weight is 302 g/mol. The SMILES string of the molecule is COC(CNC1CCCN(C(=O)OC(C)(C)C)CC1)OC. The summed E-state index contributed by atoms with van der Waals surface area (Å²) in [5, 5.41) is 3.44. The predicted octanol–water partition coefficient (Wildman–Crippen LogP) is 1.98. The van der Waals surface area contributed by atoms with Crippen LogP contribution in [0, 0.1) is 0 Å². The minimum atomic E-state index is -0.439. The zero-order valence-electron chi connectivity index (χ0n) is 14.0. The first kappa shape index (κ1) is 18.2. The van der Waals surface area contributed by atoms with Gasteiger partial charge in [-0.25, -0.2) is 4.79 Å². The molecule has 1 aliphatic rings. The third-order valence-electron chi connectivity index (χ3n) is 3.48. The quantitative estimate of drug-likeness (QED) is 0.787. The summed E-state index contributed by atoms with van der Waals surface area (Å²) in [6.07, 6.45) is 2.49. The second kappa shape index (κ2) is 8.56. The molecule has 1 fully saturated rings. The number of methoxy groups -OCH3 is 2. The van der Waals surface area contributed by atoms with Gasteiger partial charge in [-0.2, -0.15) is 0 Å². The first-order valence-corrected chi connectivity index (χ1v) is 7.62. The molecule has 1 N–H and O–H groups in total. The van der Waals surface area contributed by atoms with Gasteiger partial charge in [0.2, 0.25) is 0 Å². The van der Waals surface area contributed by atoms with Crippen molar-refractivity contribution in [2.45, 2.75) is 58.0 Å². The van der Waals surface area contributed by atoms with E-state index in [1.165, 1.54) is 0 Å². The standard InChI is InChI=1S/C15H30N2O4/c1-15(2,3)21-14(18)17-9-6-7-12(8-10-17)16-11-13(19-4)20-5/h12-13,16H,6-11H2,1-5H3. The number of carbonyl (C=O) groups excluding carboxylic acids is 1. The third kappa shape index (κ3) is 7.11. The van der Waals surface area contributed by atoms with Gasteiger partial charge in [-0.3, -0.25) is 0 Å². The highest BCUT2D eigenvalue weighted by Gasteiger charge is 2.25. The first-order chi connectivity index (χ1) is 9.85. The molecule has 0 bridgehead atoms. The Kier molecular flexibility index (Phi) is 7.42. The Morgan fingerprint density at radius 3 is 2.48 bits per heavy atom. The number of nitrogens with one attached hydrogen (secondary N) is 1. The van der Waals surface area contributed by atoms with Gasteiger partial charge in [-0.05, 0) is 40.0 Å². The molecule has 0 radical (unpaired) electrons. The molecule has 1 rings (SSSR count). The molecule has 0 aromatic heterocycles. The van der Waals surface area contributed by atoms with Crippen molar-refractivity contribution >= 4 is 6.09 Å². The number of ether oxygens (including phenoxy) is 3. The summed E-state index contributed by atoms with van der Waals surface area (Å²) in [6, 6.07) is 0.380. The van der Waals surface area contributed by atoms with Crippen molar-refractivity contribution in [2.24, 2.45) is 0 Å².